The maximum absolute atomic E-state index is 12.1. The molecule has 0 aliphatic carbocycles. The topological polar surface area (TPSA) is 67.4 Å². The van der Waals surface area contributed by atoms with Crippen molar-refractivity contribution < 1.29 is 13.2 Å². The van der Waals surface area contributed by atoms with Crippen molar-refractivity contribution in [2.75, 3.05) is 30.7 Å². The first-order chi connectivity index (χ1) is 9.11. The Kier molecular flexibility index (Phi) is 4.66. The second-order valence-electron chi connectivity index (χ2n) is 4.80. The van der Waals surface area contributed by atoms with Crippen LogP contribution in [0.5, 0.6) is 5.75 Å². The van der Waals surface area contributed by atoms with E-state index in [1.807, 2.05) is 6.07 Å². The van der Waals surface area contributed by atoms with Crippen LogP contribution >= 0.6 is 0 Å². The Morgan fingerprint density at radius 3 is 2.89 bits per heavy atom. The third-order valence-corrected chi connectivity index (χ3v) is 4.67. The van der Waals surface area contributed by atoms with E-state index >= 15 is 0 Å². The molecule has 1 aromatic rings. The summed E-state index contributed by atoms with van der Waals surface area (Å²) in [5.74, 6) is 0.867. The minimum Gasteiger partial charge on any atom is -0.495 e. The molecule has 2 rings (SSSR count). The van der Waals surface area contributed by atoms with E-state index in [1.165, 1.54) is 7.11 Å². The first-order valence-corrected chi connectivity index (χ1v) is 8.10. The smallest absolute Gasteiger partial charge is 0.233 e. The molecular weight excluding hydrogens is 264 g/mol. The van der Waals surface area contributed by atoms with Gasteiger partial charge in [0, 0.05) is 0 Å². The van der Waals surface area contributed by atoms with Crippen molar-refractivity contribution in [3.05, 3.63) is 24.3 Å². The van der Waals surface area contributed by atoms with Gasteiger partial charge < -0.3 is 10.1 Å². The highest BCUT2D eigenvalue weighted by Crippen LogP contribution is 2.25. The van der Waals surface area contributed by atoms with Gasteiger partial charge in [0.25, 0.3) is 0 Å². The molecule has 106 valence electrons. The van der Waals surface area contributed by atoms with Gasteiger partial charge in [-0.3, -0.25) is 4.72 Å². The number of para-hydroxylation sites is 2. The van der Waals surface area contributed by atoms with Crippen LogP contribution in [0.4, 0.5) is 5.69 Å². The lowest BCUT2D eigenvalue weighted by Crippen LogP contribution is -2.35. The average molecular weight is 284 g/mol. The molecule has 1 aromatic carbocycles. The maximum Gasteiger partial charge on any atom is 0.233 e. The largest absolute Gasteiger partial charge is 0.495 e. The van der Waals surface area contributed by atoms with E-state index in [4.69, 9.17) is 4.74 Å². The Balaban J connectivity index is 2.03. The molecule has 1 unspecified atom stereocenters. The van der Waals surface area contributed by atoms with Gasteiger partial charge in [-0.25, -0.2) is 8.42 Å². The lowest BCUT2D eigenvalue weighted by atomic mass is 10.0. The second-order valence-corrected chi connectivity index (χ2v) is 6.56. The van der Waals surface area contributed by atoms with Crippen LogP contribution in [0.1, 0.15) is 12.8 Å². The molecule has 5 nitrogen and oxygen atoms in total. The monoisotopic (exact) mass is 284 g/mol. The van der Waals surface area contributed by atoms with E-state index < -0.39 is 10.0 Å². The van der Waals surface area contributed by atoms with Gasteiger partial charge in [-0.15, -0.1) is 0 Å². The van der Waals surface area contributed by atoms with Crippen LogP contribution in [-0.4, -0.2) is 34.4 Å². The van der Waals surface area contributed by atoms with Gasteiger partial charge in [0.1, 0.15) is 5.75 Å². The number of hydrogen-bond acceptors (Lipinski definition) is 4. The van der Waals surface area contributed by atoms with Crippen molar-refractivity contribution in [3.8, 4) is 5.75 Å². The molecule has 0 radical (unpaired) electrons. The molecule has 19 heavy (non-hydrogen) atoms. The quantitative estimate of drug-likeness (QED) is 0.858. The highest BCUT2D eigenvalue weighted by Gasteiger charge is 2.21. The molecule has 0 amide bonds. The number of piperidine rings is 1. The third-order valence-electron chi connectivity index (χ3n) is 3.23. The summed E-state index contributed by atoms with van der Waals surface area (Å²) >= 11 is 0. The highest BCUT2D eigenvalue weighted by atomic mass is 32.2. The van der Waals surface area contributed by atoms with Gasteiger partial charge in [-0.1, -0.05) is 12.1 Å². The van der Waals surface area contributed by atoms with E-state index in [2.05, 4.69) is 10.0 Å². The normalized spacial score (nSPS) is 19.9. The van der Waals surface area contributed by atoms with Crippen molar-refractivity contribution >= 4 is 15.7 Å². The lowest BCUT2D eigenvalue weighted by molar-refractivity contribution is 0.404. The number of anilines is 1. The van der Waals surface area contributed by atoms with Gasteiger partial charge in [0.05, 0.1) is 18.6 Å². The van der Waals surface area contributed by atoms with Crippen molar-refractivity contribution in [2.45, 2.75) is 12.8 Å². The molecule has 0 aromatic heterocycles. The second kappa shape index (κ2) is 6.25. The summed E-state index contributed by atoms with van der Waals surface area (Å²) in [5.41, 5.74) is 0.494. The highest BCUT2D eigenvalue weighted by molar-refractivity contribution is 7.92. The van der Waals surface area contributed by atoms with Crippen LogP contribution in [0, 0.1) is 5.92 Å². The first-order valence-electron chi connectivity index (χ1n) is 6.45. The molecule has 6 heteroatoms. The SMILES string of the molecule is COc1ccccc1NS(=O)(=O)CC1CCCNC1. The maximum atomic E-state index is 12.1. The van der Waals surface area contributed by atoms with E-state index in [0.29, 0.717) is 11.4 Å². The molecule has 0 saturated carbocycles. The molecule has 1 saturated heterocycles. The number of benzene rings is 1. The number of hydrogen-bond donors (Lipinski definition) is 2. The Morgan fingerprint density at radius 2 is 2.21 bits per heavy atom. The zero-order valence-corrected chi connectivity index (χ0v) is 11.9. The Morgan fingerprint density at radius 1 is 1.42 bits per heavy atom. The predicted octanol–water partition coefficient (Wildman–Crippen LogP) is 1.44. The summed E-state index contributed by atoms with van der Waals surface area (Å²) in [7, 11) is -1.81. The van der Waals surface area contributed by atoms with Gasteiger partial charge in [0.15, 0.2) is 0 Å². The van der Waals surface area contributed by atoms with Gasteiger partial charge in [0.2, 0.25) is 10.0 Å². The fourth-order valence-corrected chi connectivity index (χ4v) is 3.81. The van der Waals surface area contributed by atoms with E-state index in [-0.39, 0.29) is 11.7 Å². The van der Waals surface area contributed by atoms with E-state index in [1.54, 1.807) is 18.2 Å². The molecule has 1 atom stereocenters. The van der Waals surface area contributed by atoms with Gasteiger partial charge in [-0.2, -0.15) is 0 Å². The summed E-state index contributed by atoms with van der Waals surface area (Å²) < 4.78 is 32.0. The first kappa shape index (κ1) is 14.1. The summed E-state index contributed by atoms with van der Waals surface area (Å²) in [6.07, 6.45) is 1.99. The molecule has 1 heterocycles. The van der Waals surface area contributed by atoms with Crippen LogP contribution in [0.3, 0.4) is 0 Å². The summed E-state index contributed by atoms with van der Waals surface area (Å²) in [6.45, 7) is 1.75. The van der Waals surface area contributed by atoms with Crippen LogP contribution in [0.25, 0.3) is 0 Å². The standard InChI is InChI=1S/C13H20N2O3S/c1-18-13-7-3-2-6-12(13)15-19(16,17)10-11-5-4-8-14-9-11/h2-3,6-7,11,14-15H,4-5,8-10H2,1H3. The van der Waals surface area contributed by atoms with Crippen molar-refractivity contribution in [1.82, 2.24) is 5.32 Å². The molecule has 1 aliphatic heterocycles. The van der Waals surface area contributed by atoms with Crippen LogP contribution < -0.4 is 14.8 Å². The average Bonchev–Trinajstić information content (AvgIpc) is 2.39. The van der Waals surface area contributed by atoms with Crippen molar-refractivity contribution in [2.24, 2.45) is 5.92 Å². The van der Waals surface area contributed by atoms with E-state index in [0.717, 1.165) is 25.9 Å². The molecular formula is C13H20N2O3S. The number of rotatable bonds is 5. The van der Waals surface area contributed by atoms with Crippen LogP contribution in [0.2, 0.25) is 0 Å². The minimum absolute atomic E-state index is 0.151. The molecule has 1 aliphatic rings. The molecule has 0 spiro atoms. The predicted molar refractivity (Wildman–Crippen MR) is 76.0 cm³/mol. The number of sulfonamides is 1. The number of ether oxygens (including phenoxy) is 1. The van der Waals surface area contributed by atoms with Gasteiger partial charge >= 0.3 is 0 Å². The zero-order chi connectivity index (χ0) is 13.7. The van der Waals surface area contributed by atoms with Crippen LogP contribution in [0.15, 0.2) is 24.3 Å². The van der Waals surface area contributed by atoms with Crippen molar-refractivity contribution in [1.29, 1.82) is 0 Å². The van der Waals surface area contributed by atoms with Crippen molar-refractivity contribution in [3.63, 3.8) is 0 Å². The Bertz CT molecular complexity index is 510. The Labute approximate surface area is 114 Å². The number of methoxy groups -OCH3 is 1. The third kappa shape index (κ3) is 4.11. The lowest BCUT2D eigenvalue weighted by Gasteiger charge is -2.22. The summed E-state index contributed by atoms with van der Waals surface area (Å²) in [5, 5.41) is 3.23. The summed E-state index contributed by atoms with van der Waals surface area (Å²) in [6, 6.07) is 7.03. The van der Waals surface area contributed by atoms with Gasteiger partial charge in [-0.05, 0) is 44.0 Å². The van der Waals surface area contributed by atoms with E-state index in [9.17, 15) is 8.42 Å². The molecule has 2 N–H and O–H groups in total. The fourth-order valence-electron chi connectivity index (χ4n) is 2.31. The Hall–Kier alpha value is -1.27. The zero-order valence-electron chi connectivity index (χ0n) is 11.1. The molecule has 1 fully saturated rings. The number of nitrogens with one attached hydrogen (secondary N) is 2. The summed E-state index contributed by atoms with van der Waals surface area (Å²) in [4.78, 5) is 0. The minimum atomic E-state index is -3.34. The van der Waals surface area contributed by atoms with Crippen LogP contribution in [-0.2, 0) is 10.0 Å². The fraction of sp³-hybridized carbons (Fsp3) is 0.538. The molecule has 0 bridgehead atoms.